The normalized spacial score (nSPS) is 31.5. The van der Waals surface area contributed by atoms with Crippen LogP contribution in [0, 0.1) is 5.92 Å². The number of nitrogen functional groups attached to an aromatic ring is 1. The topological polar surface area (TPSA) is 84.1 Å². The number of aromatic nitrogens is 4. The van der Waals surface area contributed by atoms with Crippen molar-refractivity contribution in [1.82, 2.24) is 24.8 Å². The molecule has 4 bridgehead atoms. The number of anilines is 2. The van der Waals surface area contributed by atoms with Crippen LogP contribution in [0.2, 0.25) is 0 Å². The van der Waals surface area contributed by atoms with Gasteiger partial charge in [-0.05, 0) is 56.9 Å². The van der Waals surface area contributed by atoms with Gasteiger partial charge in [0.15, 0.2) is 0 Å². The number of piperidine rings is 2. The Morgan fingerprint density at radius 2 is 1.64 bits per heavy atom. The lowest BCUT2D eigenvalue weighted by Gasteiger charge is -2.39. The van der Waals surface area contributed by atoms with E-state index in [1.54, 1.807) is 17.3 Å². The molecule has 4 atom stereocenters. The molecule has 2 aromatic heterocycles. The van der Waals surface area contributed by atoms with Crippen LogP contribution in [-0.4, -0.2) is 62.2 Å². The molecule has 0 spiro atoms. The maximum Gasteiger partial charge on any atom is 0.401 e. The van der Waals surface area contributed by atoms with Gasteiger partial charge in [0.2, 0.25) is 11.9 Å². The summed E-state index contributed by atoms with van der Waals surface area (Å²) in [5.74, 6) is 1.77. The van der Waals surface area contributed by atoms with Gasteiger partial charge in [-0.25, -0.2) is 19.9 Å². The summed E-state index contributed by atoms with van der Waals surface area (Å²) < 4.78 is 39.3. The number of hydrogen-bond acceptors (Lipinski definition) is 7. The molecule has 176 valence electrons. The Balaban J connectivity index is 1.33. The molecule has 4 aliphatic rings. The van der Waals surface area contributed by atoms with Crippen molar-refractivity contribution in [3.8, 4) is 11.3 Å². The SMILES string of the molecule is Nc1ncc(-c2cc(C3CC4CCC(C3)N4CC(F)(F)F)nc(N3CC4CCC3C4)n2)cn1. The molecule has 2 N–H and O–H groups in total. The zero-order chi connectivity index (χ0) is 22.7. The third kappa shape index (κ3) is 4.02. The number of nitrogens with two attached hydrogens (primary N) is 1. The first-order chi connectivity index (χ1) is 15.8. The first kappa shape index (κ1) is 21.1. The molecule has 0 amide bonds. The molecule has 6 rings (SSSR count). The van der Waals surface area contributed by atoms with Crippen molar-refractivity contribution in [2.45, 2.75) is 75.2 Å². The van der Waals surface area contributed by atoms with Crippen LogP contribution >= 0.6 is 0 Å². The molecule has 5 heterocycles. The smallest absolute Gasteiger partial charge is 0.368 e. The number of nitrogens with zero attached hydrogens (tertiary/aromatic N) is 6. The van der Waals surface area contributed by atoms with Gasteiger partial charge in [0.05, 0.1) is 12.2 Å². The molecule has 2 aromatic rings. The highest BCUT2D eigenvalue weighted by atomic mass is 19.4. The van der Waals surface area contributed by atoms with E-state index in [1.807, 2.05) is 6.07 Å². The van der Waals surface area contributed by atoms with Crippen LogP contribution in [-0.2, 0) is 0 Å². The largest absolute Gasteiger partial charge is 0.401 e. The second kappa shape index (κ2) is 7.78. The predicted octanol–water partition coefficient (Wildman–Crippen LogP) is 3.78. The molecule has 33 heavy (non-hydrogen) atoms. The van der Waals surface area contributed by atoms with Crippen LogP contribution in [0.15, 0.2) is 18.5 Å². The molecule has 3 aliphatic heterocycles. The van der Waals surface area contributed by atoms with E-state index in [9.17, 15) is 13.2 Å². The molecule has 4 unspecified atom stereocenters. The summed E-state index contributed by atoms with van der Waals surface area (Å²) >= 11 is 0. The highest BCUT2D eigenvalue weighted by Crippen LogP contribution is 2.45. The summed E-state index contributed by atoms with van der Waals surface area (Å²) in [6, 6.07) is 2.38. The molecule has 1 saturated carbocycles. The minimum Gasteiger partial charge on any atom is -0.368 e. The fraction of sp³-hybridized carbons (Fsp3) is 0.652. The van der Waals surface area contributed by atoms with Gasteiger partial charge in [-0.15, -0.1) is 0 Å². The van der Waals surface area contributed by atoms with Crippen molar-refractivity contribution in [3.63, 3.8) is 0 Å². The van der Waals surface area contributed by atoms with E-state index in [0.717, 1.165) is 42.3 Å². The van der Waals surface area contributed by atoms with Gasteiger partial charge >= 0.3 is 6.18 Å². The zero-order valence-corrected chi connectivity index (χ0v) is 18.4. The van der Waals surface area contributed by atoms with E-state index in [0.29, 0.717) is 24.8 Å². The Morgan fingerprint density at radius 3 is 2.24 bits per heavy atom. The minimum absolute atomic E-state index is 0.0418. The Labute approximate surface area is 190 Å². The Bertz CT molecular complexity index is 1010. The molecule has 3 saturated heterocycles. The summed E-state index contributed by atoms with van der Waals surface area (Å²) in [6.07, 6.45) is 5.85. The molecule has 1 aliphatic carbocycles. The second-order valence-electron chi connectivity index (χ2n) is 10.1. The molecule has 0 radical (unpaired) electrons. The predicted molar refractivity (Wildman–Crippen MR) is 117 cm³/mol. The molecule has 10 heteroatoms. The van der Waals surface area contributed by atoms with Crippen molar-refractivity contribution in [2.24, 2.45) is 5.92 Å². The van der Waals surface area contributed by atoms with E-state index in [4.69, 9.17) is 15.7 Å². The van der Waals surface area contributed by atoms with Crippen LogP contribution in [0.25, 0.3) is 11.3 Å². The number of halogens is 3. The molecule has 0 aromatic carbocycles. The van der Waals surface area contributed by atoms with Crippen LogP contribution in [0.5, 0.6) is 0 Å². The lowest BCUT2D eigenvalue weighted by Crippen LogP contribution is -2.47. The van der Waals surface area contributed by atoms with Gasteiger partial charge in [-0.1, -0.05) is 0 Å². The van der Waals surface area contributed by atoms with Crippen molar-refractivity contribution in [3.05, 3.63) is 24.2 Å². The van der Waals surface area contributed by atoms with Gasteiger partial charge in [0.25, 0.3) is 0 Å². The standard InChI is InChI=1S/C23H28F3N7/c24-23(25,26)12-33-17-3-4-18(33)7-14(6-17)19-8-20(15-9-28-21(27)29-10-15)31-22(30-19)32-11-13-1-2-16(32)5-13/h8-10,13-14,16-18H,1-7,11-12H2,(H2,27,28,29). The van der Waals surface area contributed by atoms with Crippen molar-refractivity contribution in [2.75, 3.05) is 23.7 Å². The number of rotatable bonds is 4. The average Bonchev–Trinajstić information content (AvgIpc) is 3.46. The fourth-order valence-corrected chi connectivity index (χ4v) is 6.56. The van der Waals surface area contributed by atoms with Crippen LogP contribution < -0.4 is 10.6 Å². The van der Waals surface area contributed by atoms with E-state index in [1.165, 1.54) is 19.3 Å². The van der Waals surface area contributed by atoms with Gasteiger partial charge in [-0.2, -0.15) is 13.2 Å². The number of fused-ring (bicyclic) bond motifs is 4. The van der Waals surface area contributed by atoms with Crippen molar-refractivity contribution >= 4 is 11.9 Å². The van der Waals surface area contributed by atoms with Gasteiger partial charge < -0.3 is 10.6 Å². The Morgan fingerprint density at radius 1 is 0.939 bits per heavy atom. The monoisotopic (exact) mass is 459 g/mol. The van der Waals surface area contributed by atoms with Gasteiger partial charge in [0.1, 0.15) is 0 Å². The summed E-state index contributed by atoms with van der Waals surface area (Å²) in [5, 5.41) is 0. The van der Waals surface area contributed by atoms with E-state index < -0.39 is 12.7 Å². The van der Waals surface area contributed by atoms with Crippen LogP contribution in [0.4, 0.5) is 25.1 Å². The third-order valence-corrected chi connectivity index (χ3v) is 8.03. The molecule has 4 fully saturated rings. The van der Waals surface area contributed by atoms with Crippen LogP contribution in [0.1, 0.15) is 56.6 Å². The van der Waals surface area contributed by atoms with Gasteiger partial charge in [-0.3, -0.25) is 4.90 Å². The molecular formula is C23H28F3N7. The highest BCUT2D eigenvalue weighted by molar-refractivity contribution is 5.60. The lowest BCUT2D eigenvalue weighted by molar-refractivity contribution is -0.155. The third-order valence-electron chi connectivity index (χ3n) is 8.03. The quantitative estimate of drug-likeness (QED) is 0.745. The van der Waals surface area contributed by atoms with Crippen LogP contribution in [0.3, 0.4) is 0 Å². The molecule has 7 nitrogen and oxygen atoms in total. The second-order valence-corrected chi connectivity index (χ2v) is 10.1. The summed E-state index contributed by atoms with van der Waals surface area (Å²) in [6.45, 7) is 0.163. The average molecular weight is 460 g/mol. The van der Waals surface area contributed by atoms with Crippen molar-refractivity contribution < 1.29 is 13.2 Å². The van der Waals surface area contributed by atoms with E-state index in [2.05, 4.69) is 14.9 Å². The first-order valence-corrected chi connectivity index (χ1v) is 11.9. The maximum absolute atomic E-state index is 13.1. The van der Waals surface area contributed by atoms with E-state index >= 15 is 0 Å². The summed E-state index contributed by atoms with van der Waals surface area (Å²) in [7, 11) is 0. The summed E-state index contributed by atoms with van der Waals surface area (Å²) in [4.78, 5) is 22.1. The van der Waals surface area contributed by atoms with Gasteiger partial charge in [0, 0.05) is 54.2 Å². The number of alkyl halides is 3. The fourth-order valence-electron chi connectivity index (χ4n) is 6.56. The lowest BCUT2D eigenvalue weighted by atomic mass is 9.87. The van der Waals surface area contributed by atoms with Crippen molar-refractivity contribution in [1.29, 1.82) is 0 Å². The Hall–Kier alpha value is -2.49. The van der Waals surface area contributed by atoms with E-state index in [-0.39, 0.29) is 23.9 Å². The first-order valence-electron chi connectivity index (χ1n) is 11.9. The Kier molecular flexibility index (Phi) is 4.97. The summed E-state index contributed by atoms with van der Waals surface area (Å²) in [5.41, 5.74) is 8.12. The maximum atomic E-state index is 13.1. The highest BCUT2D eigenvalue weighted by Gasteiger charge is 2.46. The zero-order valence-electron chi connectivity index (χ0n) is 18.4. The minimum atomic E-state index is -4.16. The number of hydrogen-bond donors (Lipinski definition) is 1. The molecular weight excluding hydrogens is 431 g/mol.